The van der Waals surface area contributed by atoms with Crippen LogP contribution >= 0.6 is 0 Å². The minimum atomic E-state index is -3.07. The van der Waals surface area contributed by atoms with E-state index in [2.05, 4.69) is 16.0 Å². The zero-order valence-corrected chi connectivity index (χ0v) is 14.8. The zero-order chi connectivity index (χ0) is 18.4. The molecule has 0 bridgehead atoms. The van der Waals surface area contributed by atoms with Crippen molar-refractivity contribution in [2.75, 3.05) is 37.6 Å². The molecule has 0 spiro atoms. The third-order valence-electron chi connectivity index (χ3n) is 3.64. The molecule has 1 aliphatic rings. The molecule has 1 unspecified atom stereocenters. The van der Waals surface area contributed by atoms with Crippen molar-refractivity contribution in [3.05, 3.63) is 18.2 Å². The van der Waals surface area contributed by atoms with Gasteiger partial charge in [-0.25, -0.2) is 13.2 Å². The minimum Gasteiger partial charge on any atom is -0.493 e. The number of hydrogen-bond donors (Lipinski definition) is 3. The van der Waals surface area contributed by atoms with Gasteiger partial charge in [-0.2, -0.15) is 0 Å². The SMILES string of the molecule is COc1ccc(NC(=O)CNC(=O)NC2CCS(=O)(=O)C2)cc1OC. The molecule has 138 valence electrons. The summed E-state index contributed by atoms with van der Waals surface area (Å²) in [5.41, 5.74) is 0.492. The van der Waals surface area contributed by atoms with E-state index in [-0.39, 0.29) is 18.1 Å². The maximum Gasteiger partial charge on any atom is 0.315 e. The summed E-state index contributed by atoms with van der Waals surface area (Å²) in [7, 11) is -0.0765. The van der Waals surface area contributed by atoms with Crippen molar-refractivity contribution >= 4 is 27.5 Å². The Morgan fingerprint density at radius 1 is 1.20 bits per heavy atom. The maximum atomic E-state index is 11.9. The predicted octanol–water partition coefficient (Wildman–Crippen LogP) is 0.129. The third-order valence-corrected chi connectivity index (χ3v) is 5.41. The van der Waals surface area contributed by atoms with Gasteiger partial charge in [-0.05, 0) is 18.6 Å². The van der Waals surface area contributed by atoms with Gasteiger partial charge in [0, 0.05) is 17.8 Å². The average molecular weight is 371 g/mol. The summed E-state index contributed by atoms with van der Waals surface area (Å²) in [6.07, 6.45) is 0.383. The third kappa shape index (κ3) is 5.52. The first-order valence-corrected chi connectivity index (χ1v) is 9.42. The number of carbonyl (C=O) groups excluding carboxylic acids is 2. The van der Waals surface area contributed by atoms with E-state index >= 15 is 0 Å². The molecule has 0 saturated carbocycles. The average Bonchev–Trinajstić information content (AvgIpc) is 2.91. The standard InChI is InChI=1S/C15H21N3O6S/c1-23-12-4-3-10(7-13(12)24-2)17-14(19)8-16-15(20)18-11-5-6-25(21,22)9-11/h3-4,7,11H,5-6,8-9H2,1-2H3,(H,17,19)(H2,16,18,20). The van der Waals surface area contributed by atoms with E-state index in [9.17, 15) is 18.0 Å². The van der Waals surface area contributed by atoms with Crippen LogP contribution in [0.15, 0.2) is 18.2 Å². The van der Waals surface area contributed by atoms with E-state index in [1.807, 2.05) is 0 Å². The molecule has 25 heavy (non-hydrogen) atoms. The Hall–Kier alpha value is -2.49. The van der Waals surface area contributed by atoms with Crippen molar-refractivity contribution in [3.63, 3.8) is 0 Å². The number of anilines is 1. The summed E-state index contributed by atoms with van der Waals surface area (Å²) in [5, 5.41) is 7.55. The number of carbonyl (C=O) groups is 2. The highest BCUT2D eigenvalue weighted by molar-refractivity contribution is 7.91. The zero-order valence-electron chi connectivity index (χ0n) is 14.0. The molecule has 0 radical (unpaired) electrons. The summed E-state index contributed by atoms with van der Waals surface area (Å²) in [6, 6.07) is 3.89. The molecule has 1 aliphatic heterocycles. The van der Waals surface area contributed by atoms with Crippen LogP contribution in [-0.4, -0.2) is 58.7 Å². The molecule has 1 aromatic rings. The van der Waals surface area contributed by atoms with Crippen molar-refractivity contribution in [2.45, 2.75) is 12.5 Å². The second-order valence-corrected chi connectivity index (χ2v) is 7.77. The van der Waals surface area contributed by atoms with Crippen LogP contribution in [0.1, 0.15) is 6.42 Å². The Morgan fingerprint density at radius 2 is 1.92 bits per heavy atom. The van der Waals surface area contributed by atoms with Crippen molar-refractivity contribution in [2.24, 2.45) is 0 Å². The largest absolute Gasteiger partial charge is 0.493 e. The van der Waals surface area contributed by atoms with Crippen LogP contribution in [0, 0.1) is 0 Å². The molecule has 2 rings (SSSR count). The van der Waals surface area contributed by atoms with Crippen LogP contribution < -0.4 is 25.4 Å². The lowest BCUT2D eigenvalue weighted by Gasteiger charge is -2.13. The molecular weight excluding hydrogens is 350 g/mol. The van der Waals surface area contributed by atoms with Gasteiger partial charge < -0.3 is 25.4 Å². The van der Waals surface area contributed by atoms with Crippen molar-refractivity contribution in [1.82, 2.24) is 10.6 Å². The Labute approximate surface area is 146 Å². The van der Waals surface area contributed by atoms with E-state index in [0.717, 1.165) is 0 Å². The van der Waals surface area contributed by atoms with E-state index in [1.54, 1.807) is 18.2 Å². The molecule has 0 aliphatic carbocycles. The Kier molecular flexibility index (Phi) is 6.07. The Morgan fingerprint density at radius 3 is 2.52 bits per heavy atom. The normalized spacial score (nSPS) is 18.2. The van der Waals surface area contributed by atoms with Gasteiger partial charge in [0.15, 0.2) is 21.3 Å². The molecule has 10 heteroatoms. The lowest BCUT2D eigenvalue weighted by molar-refractivity contribution is -0.115. The number of amides is 3. The number of nitrogens with one attached hydrogen (secondary N) is 3. The Balaban J connectivity index is 1.79. The quantitative estimate of drug-likeness (QED) is 0.653. The van der Waals surface area contributed by atoms with Gasteiger partial charge in [0.2, 0.25) is 5.91 Å². The Bertz CT molecular complexity index is 750. The van der Waals surface area contributed by atoms with Gasteiger partial charge in [-0.1, -0.05) is 0 Å². The first-order chi connectivity index (χ1) is 11.8. The summed E-state index contributed by atoms with van der Waals surface area (Å²) in [6.45, 7) is -0.250. The van der Waals surface area contributed by atoms with Crippen LogP contribution in [0.25, 0.3) is 0 Å². The summed E-state index contributed by atoms with van der Waals surface area (Å²) < 4.78 is 32.9. The van der Waals surface area contributed by atoms with Crippen molar-refractivity contribution < 1.29 is 27.5 Å². The van der Waals surface area contributed by atoms with Crippen molar-refractivity contribution in [3.8, 4) is 11.5 Å². The molecule has 3 N–H and O–H groups in total. The second kappa shape index (κ2) is 8.06. The fraction of sp³-hybridized carbons (Fsp3) is 0.467. The first-order valence-electron chi connectivity index (χ1n) is 7.59. The van der Waals surface area contributed by atoms with Crippen molar-refractivity contribution in [1.29, 1.82) is 0 Å². The summed E-state index contributed by atoms with van der Waals surface area (Å²) in [4.78, 5) is 23.6. The molecule has 1 aromatic carbocycles. The topological polar surface area (TPSA) is 123 Å². The second-order valence-electron chi connectivity index (χ2n) is 5.54. The number of benzene rings is 1. The van der Waals surface area contributed by atoms with Crippen LogP contribution in [-0.2, 0) is 14.6 Å². The number of methoxy groups -OCH3 is 2. The molecule has 1 heterocycles. The van der Waals surface area contributed by atoms with E-state index in [4.69, 9.17) is 9.47 Å². The number of urea groups is 1. The number of sulfone groups is 1. The van der Waals surface area contributed by atoms with Gasteiger partial charge in [0.05, 0.1) is 32.3 Å². The summed E-state index contributed by atoms with van der Waals surface area (Å²) in [5.74, 6) is 0.565. The minimum absolute atomic E-state index is 0.0672. The summed E-state index contributed by atoms with van der Waals surface area (Å²) >= 11 is 0. The van der Waals surface area contributed by atoms with Crippen LogP contribution in [0.3, 0.4) is 0 Å². The highest BCUT2D eigenvalue weighted by Crippen LogP contribution is 2.29. The number of rotatable bonds is 6. The van der Waals surface area contributed by atoms with Gasteiger partial charge in [0.1, 0.15) is 0 Å². The number of hydrogen-bond acceptors (Lipinski definition) is 6. The first kappa shape index (κ1) is 18.8. The molecule has 1 atom stereocenters. The molecule has 9 nitrogen and oxygen atoms in total. The lowest BCUT2D eigenvalue weighted by Crippen LogP contribution is -2.45. The van der Waals surface area contributed by atoms with Gasteiger partial charge in [0.25, 0.3) is 0 Å². The van der Waals surface area contributed by atoms with E-state index in [0.29, 0.717) is 23.6 Å². The predicted molar refractivity (Wildman–Crippen MR) is 91.8 cm³/mol. The highest BCUT2D eigenvalue weighted by Gasteiger charge is 2.28. The van der Waals surface area contributed by atoms with Gasteiger partial charge in [-0.15, -0.1) is 0 Å². The maximum absolute atomic E-state index is 11.9. The molecule has 1 fully saturated rings. The van der Waals surface area contributed by atoms with Crippen LogP contribution in [0.4, 0.5) is 10.5 Å². The fourth-order valence-corrected chi connectivity index (χ4v) is 4.10. The molecule has 0 aromatic heterocycles. The molecule has 1 saturated heterocycles. The van der Waals surface area contributed by atoms with Gasteiger partial charge in [-0.3, -0.25) is 4.79 Å². The number of ether oxygens (including phenoxy) is 2. The lowest BCUT2D eigenvalue weighted by atomic mass is 10.2. The monoisotopic (exact) mass is 371 g/mol. The van der Waals surface area contributed by atoms with Gasteiger partial charge >= 0.3 is 6.03 Å². The fourth-order valence-electron chi connectivity index (χ4n) is 2.42. The highest BCUT2D eigenvalue weighted by atomic mass is 32.2. The smallest absolute Gasteiger partial charge is 0.315 e. The van der Waals surface area contributed by atoms with E-state index in [1.165, 1.54) is 14.2 Å². The van der Waals surface area contributed by atoms with Crippen LogP contribution in [0.5, 0.6) is 11.5 Å². The van der Waals surface area contributed by atoms with E-state index < -0.39 is 27.8 Å². The molecular formula is C15H21N3O6S. The molecule has 3 amide bonds. The van der Waals surface area contributed by atoms with Crippen LogP contribution in [0.2, 0.25) is 0 Å².